The maximum atomic E-state index is 12.8. The summed E-state index contributed by atoms with van der Waals surface area (Å²) in [5.41, 5.74) is 3.30. The molecule has 1 fully saturated rings. The third kappa shape index (κ3) is 4.90. The van der Waals surface area contributed by atoms with E-state index in [1.165, 1.54) is 0 Å². The van der Waals surface area contributed by atoms with Crippen LogP contribution in [0.5, 0.6) is 17.2 Å². The van der Waals surface area contributed by atoms with E-state index in [-0.39, 0.29) is 5.78 Å². The normalized spacial score (nSPS) is 12.5. The summed E-state index contributed by atoms with van der Waals surface area (Å²) in [4.78, 5) is 12.8. The molecule has 4 heteroatoms. The van der Waals surface area contributed by atoms with Crippen molar-refractivity contribution in [2.45, 2.75) is 25.4 Å². The quantitative estimate of drug-likeness (QED) is 0.385. The predicted molar refractivity (Wildman–Crippen MR) is 120 cm³/mol. The molecule has 0 N–H and O–H groups in total. The Balaban J connectivity index is 1.47. The maximum absolute atomic E-state index is 12.8. The summed E-state index contributed by atoms with van der Waals surface area (Å²) in [5, 5.41) is 0. The van der Waals surface area contributed by atoms with Gasteiger partial charge in [0.05, 0.1) is 19.8 Å². The fourth-order valence-electron chi connectivity index (χ4n) is 3.49. The first-order valence-corrected chi connectivity index (χ1v) is 10.3. The third-order valence-corrected chi connectivity index (χ3v) is 5.23. The summed E-state index contributed by atoms with van der Waals surface area (Å²) in [7, 11) is 3.22. The van der Waals surface area contributed by atoms with Gasteiger partial charge in [0.25, 0.3) is 0 Å². The Bertz CT molecular complexity index is 1120. The largest absolute Gasteiger partial charge is 0.496 e. The molecular formula is C27H24O4. The van der Waals surface area contributed by atoms with Gasteiger partial charge in [0, 0.05) is 11.1 Å². The predicted octanol–water partition coefficient (Wildman–Crippen LogP) is 5.39. The van der Waals surface area contributed by atoms with Gasteiger partial charge < -0.3 is 14.2 Å². The molecule has 0 atom stereocenters. The second-order valence-corrected chi connectivity index (χ2v) is 7.41. The molecule has 0 aliphatic heterocycles. The zero-order valence-electron chi connectivity index (χ0n) is 17.7. The van der Waals surface area contributed by atoms with E-state index in [1.54, 1.807) is 20.3 Å². The highest BCUT2D eigenvalue weighted by atomic mass is 16.5. The van der Waals surface area contributed by atoms with Crippen LogP contribution in [-0.4, -0.2) is 20.0 Å². The Hall–Kier alpha value is -3.71. The van der Waals surface area contributed by atoms with Crippen LogP contribution in [-0.2, 0) is 6.61 Å². The number of hydrogen-bond donors (Lipinski definition) is 0. The van der Waals surface area contributed by atoms with Gasteiger partial charge in [-0.2, -0.15) is 0 Å². The van der Waals surface area contributed by atoms with Crippen molar-refractivity contribution in [2.24, 2.45) is 0 Å². The molecule has 0 heterocycles. The van der Waals surface area contributed by atoms with Crippen LogP contribution in [0.25, 0.3) is 0 Å². The molecule has 3 aromatic carbocycles. The van der Waals surface area contributed by atoms with E-state index in [1.807, 2.05) is 60.7 Å². The third-order valence-electron chi connectivity index (χ3n) is 5.23. The van der Waals surface area contributed by atoms with Crippen molar-refractivity contribution in [1.82, 2.24) is 0 Å². The zero-order chi connectivity index (χ0) is 21.6. The Labute approximate surface area is 182 Å². The highest BCUT2D eigenvalue weighted by Gasteiger charge is 2.32. The SMILES string of the molecule is COc1ccc(C(=O)C#Cc2ccc(OCc3ccccc3)cc2)c(OC)c1C1CC1. The average Bonchev–Trinajstić information content (AvgIpc) is 3.66. The molecule has 0 spiro atoms. The second-order valence-electron chi connectivity index (χ2n) is 7.41. The van der Waals surface area contributed by atoms with Crippen LogP contribution in [0.2, 0.25) is 0 Å². The van der Waals surface area contributed by atoms with Crippen molar-refractivity contribution in [3.63, 3.8) is 0 Å². The first-order chi connectivity index (χ1) is 15.2. The highest BCUT2D eigenvalue weighted by molar-refractivity contribution is 6.11. The lowest BCUT2D eigenvalue weighted by Crippen LogP contribution is -2.04. The number of methoxy groups -OCH3 is 2. The van der Waals surface area contributed by atoms with Crippen LogP contribution in [0.3, 0.4) is 0 Å². The number of ether oxygens (including phenoxy) is 3. The maximum Gasteiger partial charge on any atom is 0.239 e. The standard InChI is InChI=1S/C27H24O4/c1-29-25-17-15-23(27(30-2)26(25)21-11-12-21)24(28)16-10-19-8-13-22(14-9-19)31-18-20-6-4-3-5-7-20/h3-9,13-15,17,21H,11-12,18H2,1-2H3. The number of rotatable bonds is 7. The number of benzene rings is 3. The summed E-state index contributed by atoms with van der Waals surface area (Å²) in [6.45, 7) is 0.505. The van der Waals surface area contributed by atoms with Crippen LogP contribution < -0.4 is 14.2 Å². The van der Waals surface area contributed by atoms with E-state index in [0.717, 1.165) is 41.0 Å². The van der Waals surface area contributed by atoms with Crippen LogP contribution >= 0.6 is 0 Å². The molecule has 0 radical (unpaired) electrons. The van der Waals surface area contributed by atoms with E-state index < -0.39 is 0 Å². The number of Topliss-reactive ketones (excluding diaryl/α,β-unsaturated/α-hetero) is 1. The zero-order valence-corrected chi connectivity index (χ0v) is 17.7. The fraction of sp³-hybridized carbons (Fsp3) is 0.222. The van der Waals surface area contributed by atoms with Gasteiger partial charge in [0.15, 0.2) is 0 Å². The molecule has 1 aliphatic rings. The van der Waals surface area contributed by atoms with Gasteiger partial charge in [-0.05, 0) is 66.6 Å². The lowest BCUT2D eigenvalue weighted by molar-refractivity contribution is 0.105. The lowest BCUT2D eigenvalue weighted by atomic mass is 10.0. The molecule has 0 amide bonds. The Morgan fingerprint density at radius 3 is 2.32 bits per heavy atom. The molecule has 4 nitrogen and oxygen atoms in total. The lowest BCUT2D eigenvalue weighted by Gasteiger charge is -2.15. The summed E-state index contributed by atoms with van der Waals surface area (Å²) >= 11 is 0. The minimum Gasteiger partial charge on any atom is -0.496 e. The fourth-order valence-corrected chi connectivity index (χ4v) is 3.49. The van der Waals surface area contributed by atoms with Crippen molar-refractivity contribution in [1.29, 1.82) is 0 Å². The van der Waals surface area contributed by atoms with Gasteiger partial charge in [-0.15, -0.1) is 0 Å². The summed E-state index contributed by atoms with van der Waals surface area (Å²) in [6, 6.07) is 21.0. The van der Waals surface area contributed by atoms with Crippen LogP contribution in [0, 0.1) is 11.8 Å². The molecule has 156 valence electrons. The van der Waals surface area contributed by atoms with E-state index >= 15 is 0 Å². The number of carbonyl (C=O) groups excluding carboxylic acids is 1. The summed E-state index contributed by atoms with van der Waals surface area (Å²) in [5.74, 6) is 7.89. The minimum absolute atomic E-state index is 0.272. The molecule has 4 rings (SSSR count). The first-order valence-electron chi connectivity index (χ1n) is 10.3. The molecule has 0 bridgehead atoms. The summed E-state index contributed by atoms with van der Waals surface area (Å²) < 4.78 is 16.9. The van der Waals surface area contributed by atoms with Gasteiger partial charge in [0.2, 0.25) is 5.78 Å². The van der Waals surface area contributed by atoms with Crippen molar-refractivity contribution in [2.75, 3.05) is 14.2 Å². The van der Waals surface area contributed by atoms with E-state index in [0.29, 0.717) is 23.8 Å². The molecular weight excluding hydrogens is 388 g/mol. The van der Waals surface area contributed by atoms with Gasteiger partial charge in [0.1, 0.15) is 23.9 Å². The Kier molecular flexibility index (Phi) is 6.24. The second kappa shape index (κ2) is 9.40. The van der Waals surface area contributed by atoms with Crippen molar-refractivity contribution in [3.8, 4) is 29.1 Å². The van der Waals surface area contributed by atoms with E-state index in [9.17, 15) is 4.79 Å². The summed E-state index contributed by atoms with van der Waals surface area (Å²) in [6.07, 6.45) is 2.16. The molecule has 0 aromatic heterocycles. The topological polar surface area (TPSA) is 44.8 Å². The molecule has 31 heavy (non-hydrogen) atoms. The Morgan fingerprint density at radius 2 is 1.68 bits per heavy atom. The first kappa shape index (κ1) is 20.6. The monoisotopic (exact) mass is 412 g/mol. The van der Waals surface area contributed by atoms with E-state index in [4.69, 9.17) is 14.2 Å². The Morgan fingerprint density at radius 1 is 0.935 bits per heavy atom. The average molecular weight is 412 g/mol. The smallest absolute Gasteiger partial charge is 0.239 e. The molecule has 0 unspecified atom stereocenters. The van der Waals surface area contributed by atoms with Gasteiger partial charge >= 0.3 is 0 Å². The van der Waals surface area contributed by atoms with Crippen molar-refractivity contribution in [3.05, 3.63) is 89.0 Å². The molecule has 1 aliphatic carbocycles. The highest BCUT2D eigenvalue weighted by Crippen LogP contribution is 2.49. The van der Waals surface area contributed by atoms with Crippen molar-refractivity contribution >= 4 is 5.78 Å². The van der Waals surface area contributed by atoms with Gasteiger partial charge in [-0.1, -0.05) is 36.3 Å². The molecule has 1 saturated carbocycles. The van der Waals surface area contributed by atoms with Crippen LogP contribution in [0.15, 0.2) is 66.7 Å². The molecule has 3 aromatic rings. The van der Waals surface area contributed by atoms with Crippen LogP contribution in [0.1, 0.15) is 45.8 Å². The van der Waals surface area contributed by atoms with E-state index in [2.05, 4.69) is 11.8 Å². The van der Waals surface area contributed by atoms with Crippen molar-refractivity contribution < 1.29 is 19.0 Å². The minimum atomic E-state index is -0.272. The number of hydrogen-bond acceptors (Lipinski definition) is 4. The van der Waals surface area contributed by atoms with Gasteiger partial charge in [-0.3, -0.25) is 4.79 Å². The van der Waals surface area contributed by atoms with Crippen LogP contribution in [0.4, 0.5) is 0 Å². The number of carbonyl (C=O) groups is 1. The van der Waals surface area contributed by atoms with Gasteiger partial charge in [-0.25, -0.2) is 0 Å². The number of ketones is 1. The molecule has 0 saturated heterocycles.